The second-order valence-electron chi connectivity index (χ2n) is 4.45. The Morgan fingerprint density at radius 2 is 1.41 bits per heavy atom. The lowest BCUT2D eigenvalue weighted by Gasteiger charge is -2.26. The minimum absolute atomic E-state index is 0.269. The predicted molar refractivity (Wildman–Crippen MR) is 66.7 cm³/mol. The van der Waals surface area contributed by atoms with Gasteiger partial charge in [-0.25, -0.2) is 4.79 Å². The maximum Gasteiger partial charge on any atom is 0.340 e. The third kappa shape index (κ3) is 1.82. The molecule has 0 aromatic heterocycles. The molecule has 0 radical (unpaired) electrons. The van der Waals surface area contributed by atoms with E-state index < -0.39 is 11.6 Å². The van der Waals surface area contributed by atoms with Crippen LogP contribution in [-0.2, 0) is 10.4 Å². The summed E-state index contributed by atoms with van der Waals surface area (Å²) in [7, 11) is 0. The van der Waals surface area contributed by atoms with E-state index in [1.54, 1.807) is 20.8 Å². The van der Waals surface area contributed by atoms with E-state index in [0.29, 0.717) is 28.1 Å². The maximum absolute atomic E-state index is 11.1. The number of carboxylic acids is 1. The highest BCUT2D eigenvalue weighted by molar-refractivity contribution is 5.83. The van der Waals surface area contributed by atoms with Crippen LogP contribution in [0, 0.1) is 20.8 Å². The van der Waals surface area contributed by atoms with Crippen LogP contribution < -0.4 is 11.5 Å². The lowest BCUT2D eigenvalue weighted by Crippen LogP contribution is -2.34. The van der Waals surface area contributed by atoms with Crippen LogP contribution in [0.1, 0.15) is 29.2 Å². The molecule has 17 heavy (non-hydrogen) atoms. The number of rotatable bonds is 2. The van der Waals surface area contributed by atoms with Crippen molar-refractivity contribution in [2.45, 2.75) is 33.3 Å². The molecule has 1 aromatic rings. The van der Waals surface area contributed by atoms with Gasteiger partial charge in [0, 0.05) is 16.9 Å². The first-order valence-corrected chi connectivity index (χ1v) is 5.23. The lowest BCUT2D eigenvalue weighted by molar-refractivity contribution is -0.157. The monoisotopic (exact) mass is 238 g/mol. The fourth-order valence-electron chi connectivity index (χ4n) is 2.10. The second kappa shape index (κ2) is 3.92. The van der Waals surface area contributed by atoms with Crippen LogP contribution in [0.4, 0.5) is 11.4 Å². The number of aliphatic carboxylic acids is 1. The molecule has 0 fully saturated rings. The largest absolute Gasteiger partial charge is 0.479 e. The molecule has 6 N–H and O–H groups in total. The quantitative estimate of drug-likeness (QED) is 0.576. The number of nitrogen functional groups attached to an aromatic ring is 2. The smallest absolute Gasteiger partial charge is 0.340 e. The van der Waals surface area contributed by atoms with Crippen LogP contribution in [0.15, 0.2) is 0 Å². The molecule has 0 aliphatic heterocycles. The van der Waals surface area contributed by atoms with Gasteiger partial charge in [-0.2, -0.15) is 0 Å². The number of carbonyl (C=O) groups is 1. The predicted octanol–water partition coefficient (Wildman–Crippen LogP) is 1.07. The average Bonchev–Trinajstić information content (AvgIpc) is 2.23. The molecular formula is C12H18N2O3. The van der Waals surface area contributed by atoms with Gasteiger partial charge in [0.1, 0.15) is 0 Å². The van der Waals surface area contributed by atoms with Crippen molar-refractivity contribution in [1.29, 1.82) is 0 Å². The van der Waals surface area contributed by atoms with Crippen LogP contribution >= 0.6 is 0 Å². The normalized spacial score (nSPS) is 14.4. The zero-order valence-corrected chi connectivity index (χ0v) is 10.5. The molecule has 5 nitrogen and oxygen atoms in total. The Hall–Kier alpha value is -1.75. The van der Waals surface area contributed by atoms with Gasteiger partial charge in [0.25, 0.3) is 0 Å². The highest BCUT2D eigenvalue weighted by Gasteiger charge is 2.36. The van der Waals surface area contributed by atoms with Crippen molar-refractivity contribution in [2.75, 3.05) is 11.5 Å². The van der Waals surface area contributed by atoms with E-state index in [2.05, 4.69) is 0 Å². The van der Waals surface area contributed by atoms with Crippen LogP contribution in [0.5, 0.6) is 0 Å². The fourth-order valence-corrected chi connectivity index (χ4v) is 2.10. The highest BCUT2D eigenvalue weighted by Crippen LogP contribution is 2.37. The first-order chi connectivity index (χ1) is 7.62. The minimum atomic E-state index is -2.00. The third-order valence-electron chi connectivity index (χ3n) is 3.27. The molecule has 0 saturated heterocycles. The van der Waals surface area contributed by atoms with Crippen molar-refractivity contribution in [1.82, 2.24) is 0 Å². The summed E-state index contributed by atoms with van der Waals surface area (Å²) in [6, 6.07) is 0. The van der Waals surface area contributed by atoms with Crippen molar-refractivity contribution in [3.05, 3.63) is 22.3 Å². The second-order valence-corrected chi connectivity index (χ2v) is 4.45. The van der Waals surface area contributed by atoms with Gasteiger partial charge in [-0.3, -0.25) is 0 Å². The average molecular weight is 238 g/mol. The summed E-state index contributed by atoms with van der Waals surface area (Å²) in [5.41, 5.74) is 12.7. The van der Waals surface area contributed by atoms with E-state index in [1.807, 2.05) is 0 Å². The topological polar surface area (TPSA) is 110 Å². The van der Waals surface area contributed by atoms with Crippen molar-refractivity contribution >= 4 is 17.3 Å². The minimum Gasteiger partial charge on any atom is -0.479 e. The highest BCUT2D eigenvalue weighted by atomic mass is 16.4. The van der Waals surface area contributed by atoms with E-state index >= 15 is 0 Å². The van der Waals surface area contributed by atoms with Crippen molar-refractivity contribution in [2.24, 2.45) is 0 Å². The number of aliphatic hydroxyl groups is 1. The number of carboxylic acid groups (broad SMARTS) is 1. The number of anilines is 2. The van der Waals surface area contributed by atoms with Crippen molar-refractivity contribution < 1.29 is 15.0 Å². The zero-order valence-electron chi connectivity index (χ0n) is 10.5. The van der Waals surface area contributed by atoms with Gasteiger partial charge in [0.05, 0.1) is 0 Å². The Labute approximate surface area is 100 Å². The molecule has 1 aromatic carbocycles. The zero-order chi connectivity index (χ0) is 13.5. The van der Waals surface area contributed by atoms with E-state index in [9.17, 15) is 9.90 Å². The SMILES string of the molecule is Cc1c(N)c(C)c(C(C)(O)C(=O)O)c(C)c1N. The van der Waals surface area contributed by atoms with Gasteiger partial charge in [0.15, 0.2) is 5.60 Å². The van der Waals surface area contributed by atoms with E-state index in [0.717, 1.165) is 0 Å². The van der Waals surface area contributed by atoms with Crippen LogP contribution in [0.2, 0.25) is 0 Å². The van der Waals surface area contributed by atoms with E-state index in [1.165, 1.54) is 6.92 Å². The van der Waals surface area contributed by atoms with Gasteiger partial charge >= 0.3 is 5.97 Å². The molecule has 0 heterocycles. The standard InChI is InChI=1S/C12H18N2O3/c1-5-8(12(4,17)11(15)16)6(2)10(14)7(3)9(5)13/h17H,13-14H2,1-4H3,(H,15,16). The first kappa shape index (κ1) is 13.3. The summed E-state index contributed by atoms with van der Waals surface area (Å²) in [6.45, 7) is 6.35. The van der Waals surface area contributed by atoms with E-state index in [4.69, 9.17) is 16.6 Å². The summed E-state index contributed by atoms with van der Waals surface area (Å²) in [4.78, 5) is 11.1. The molecule has 1 rings (SSSR count). The molecule has 5 heteroatoms. The van der Waals surface area contributed by atoms with Crippen LogP contribution in [0.3, 0.4) is 0 Å². The molecule has 0 amide bonds. The third-order valence-corrected chi connectivity index (χ3v) is 3.27. The Balaban J connectivity index is 3.72. The number of hydrogen-bond acceptors (Lipinski definition) is 4. The molecule has 94 valence electrons. The van der Waals surface area contributed by atoms with E-state index in [-0.39, 0.29) is 5.56 Å². The number of benzene rings is 1. The molecule has 1 atom stereocenters. The first-order valence-electron chi connectivity index (χ1n) is 5.23. The molecule has 0 saturated carbocycles. The summed E-state index contributed by atoms with van der Waals surface area (Å²) >= 11 is 0. The van der Waals surface area contributed by atoms with Crippen LogP contribution in [0.25, 0.3) is 0 Å². The van der Waals surface area contributed by atoms with Gasteiger partial charge in [-0.1, -0.05) is 0 Å². The number of nitrogens with two attached hydrogens (primary N) is 2. The lowest BCUT2D eigenvalue weighted by atomic mass is 9.85. The van der Waals surface area contributed by atoms with Gasteiger partial charge < -0.3 is 21.7 Å². The van der Waals surface area contributed by atoms with Crippen LogP contribution in [-0.4, -0.2) is 16.2 Å². The molecule has 0 bridgehead atoms. The summed E-state index contributed by atoms with van der Waals surface area (Å²) in [6.07, 6.45) is 0. The Morgan fingerprint density at radius 1 is 1.06 bits per heavy atom. The molecule has 1 unspecified atom stereocenters. The van der Waals surface area contributed by atoms with Gasteiger partial charge in [-0.05, 0) is 44.4 Å². The Morgan fingerprint density at radius 3 is 1.71 bits per heavy atom. The molecule has 0 aliphatic carbocycles. The summed E-state index contributed by atoms with van der Waals surface area (Å²) in [5.74, 6) is -1.33. The number of hydrogen-bond donors (Lipinski definition) is 4. The van der Waals surface area contributed by atoms with Crippen molar-refractivity contribution in [3.63, 3.8) is 0 Å². The summed E-state index contributed by atoms with van der Waals surface area (Å²) < 4.78 is 0. The van der Waals surface area contributed by atoms with Gasteiger partial charge in [0.2, 0.25) is 0 Å². The molecule has 0 spiro atoms. The summed E-state index contributed by atoms with van der Waals surface area (Å²) in [5, 5.41) is 19.1. The fraction of sp³-hybridized carbons (Fsp3) is 0.417. The van der Waals surface area contributed by atoms with Gasteiger partial charge in [-0.15, -0.1) is 0 Å². The van der Waals surface area contributed by atoms with Crippen molar-refractivity contribution in [3.8, 4) is 0 Å². The Bertz CT molecular complexity index is 464. The molecular weight excluding hydrogens is 220 g/mol. The molecule has 0 aliphatic rings. The Kier molecular flexibility index (Phi) is 3.07. The maximum atomic E-state index is 11.1.